The lowest BCUT2D eigenvalue weighted by Gasteiger charge is -2.29. The number of aryl methyl sites for hydroxylation is 2. The number of aromatic nitrogens is 4. The van der Waals surface area contributed by atoms with Gasteiger partial charge >= 0.3 is 12.7 Å². The molecule has 334 valence electrons. The number of pyridine rings is 2. The van der Waals surface area contributed by atoms with E-state index in [0.29, 0.717) is 41.5 Å². The molecule has 6 rings (SSSR count). The van der Waals surface area contributed by atoms with Crippen molar-refractivity contribution in [2.24, 2.45) is 0 Å². The highest BCUT2D eigenvalue weighted by molar-refractivity contribution is 9.10. The third kappa shape index (κ3) is 12.0. The SMILES string of the molecule is CCc1ccc(OC(F)(F)F)c(S(=O)(=O)c2ccc(-n3ncc(NC[C@@]4(F)CCCOC4)c(Cl)c3=O)cn2)c1.CCc1ccc(OC(F)(F)F)c(S(=O)(=O)c2ccc(Br)cn2)c1. The van der Waals surface area contributed by atoms with Crippen LogP contribution in [0.5, 0.6) is 11.5 Å². The van der Waals surface area contributed by atoms with Crippen LogP contribution in [0.1, 0.15) is 37.8 Å². The van der Waals surface area contributed by atoms with Gasteiger partial charge in [-0.25, -0.2) is 31.2 Å². The topological polar surface area (TPSA) is 169 Å². The molecule has 0 radical (unpaired) electrons. The van der Waals surface area contributed by atoms with Gasteiger partial charge in [-0.3, -0.25) is 4.79 Å². The second kappa shape index (κ2) is 19.3. The Labute approximate surface area is 363 Å². The van der Waals surface area contributed by atoms with Crippen LogP contribution < -0.4 is 20.3 Å². The van der Waals surface area contributed by atoms with Gasteiger partial charge in [-0.05, 0) is 101 Å². The first-order valence-electron chi connectivity index (χ1n) is 18.1. The van der Waals surface area contributed by atoms with Gasteiger partial charge in [-0.15, -0.1) is 26.3 Å². The first kappa shape index (κ1) is 48.2. The van der Waals surface area contributed by atoms with Crippen LogP contribution in [0, 0.1) is 0 Å². The van der Waals surface area contributed by atoms with Gasteiger partial charge in [0.1, 0.15) is 26.3 Å². The Balaban J connectivity index is 0.000000269. The summed E-state index contributed by atoms with van der Waals surface area (Å²) in [5.74, 6) is -1.67. The number of rotatable bonds is 12. The van der Waals surface area contributed by atoms with E-state index < -0.39 is 69.9 Å². The number of hydrogen-bond acceptors (Lipinski definition) is 12. The predicted octanol–water partition coefficient (Wildman–Crippen LogP) is 8.64. The van der Waals surface area contributed by atoms with Gasteiger partial charge in [0.05, 0.1) is 36.9 Å². The summed E-state index contributed by atoms with van der Waals surface area (Å²) >= 11 is 9.30. The molecule has 1 fully saturated rings. The van der Waals surface area contributed by atoms with E-state index in [-0.39, 0.29) is 41.0 Å². The number of hydrogen-bond donors (Lipinski definition) is 1. The van der Waals surface area contributed by atoms with Crippen molar-refractivity contribution in [2.75, 3.05) is 25.1 Å². The maximum Gasteiger partial charge on any atom is 0.573 e. The molecule has 4 heterocycles. The molecule has 13 nitrogen and oxygen atoms in total. The lowest BCUT2D eigenvalue weighted by Crippen LogP contribution is -2.40. The molecule has 2 aromatic carbocycles. The fraction of sp³-hybridized carbons (Fsp3) is 0.316. The first-order chi connectivity index (χ1) is 29.0. The molecular formula is C38H34BrClF7N5O8S2. The Morgan fingerprint density at radius 2 is 1.35 bits per heavy atom. The number of ether oxygens (including phenoxy) is 3. The first-order valence-corrected chi connectivity index (χ1v) is 22.2. The fourth-order valence-electron chi connectivity index (χ4n) is 5.74. The predicted molar refractivity (Wildman–Crippen MR) is 213 cm³/mol. The lowest BCUT2D eigenvalue weighted by atomic mass is 9.99. The summed E-state index contributed by atoms with van der Waals surface area (Å²) < 4.78 is 157. The molecule has 0 amide bonds. The minimum atomic E-state index is -5.11. The molecule has 0 bridgehead atoms. The molecule has 0 saturated carbocycles. The fourth-order valence-corrected chi connectivity index (χ4v) is 8.86. The minimum Gasteiger partial charge on any atom is -0.404 e. The molecule has 0 spiro atoms. The third-order valence-electron chi connectivity index (χ3n) is 8.87. The van der Waals surface area contributed by atoms with Gasteiger partial charge in [-0.2, -0.15) is 9.78 Å². The molecule has 5 aromatic rings. The van der Waals surface area contributed by atoms with Crippen LogP contribution in [-0.4, -0.2) is 74.7 Å². The Morgan fingerprint density at radius 1 is 0.823 bits per heavy atom. The van der Waals surface area contributed by atoms with Gasteiger partial charge in [0, 0.05) is 17.3 Å². The highest BCUT2D eigenvalue weighted by Gasteiger charge is 2.37. The van der Waals surface area contributed by atoms with E-state index in [1.807, 2.05) is 0 Å². The van der Waals surface area contributed by atoms with Crippen LogP contribution in [0.2, 0.25) is 5.02 Å². The van der Waals surface area contributed by atoms with Crippen molar-refractivity contribution in [1.29, 1.82) is 0 Å². The Hall–Kier alpha value is -4.84. The summed E-state index contributed by atoms with van der Waals surface area (Å²) in [6.07, 6.45) is -4.97. The van der Waals surface area contributed by atoms with Crippen molar-refractivity contribution in [3.8, 4) is 17.2 Å². The summed E-state index contributed by atoms with van der Waals surface area (Å²) in [7, 11) is -8.80. The van der Waals surface area contributed by atoms with E-state index in [1.54, 1.807) is 13.8 Å². The molecule has 62 heavy (non-hydrogen) atoms. The van der Waals surface area contributed by atoms with Crippen LogP contribution in [0.3, 0.4) is 0 Å². The highest BCUT2D eigenvalue weighted by Crippen LogP contribution is 2.36. The highest BCUT2D eigenvalue weighted by atomic mass is 79.9. The van der Waals surface area contributed by atoms with Crippen LogP contribution in [-0.2, 0) is 37.3 Å². The van der Waals surface area contributed by atoms with E-state index >= 15 is 0 Å². The maximum absolute atomic E-state index is 14.8. The molecule has 1 N–H and O–H groups in total. The Bertz CT molecular complexity index is 2670. The number of anilines is 1. The minimum absolute atomic E-state index is 0.0316. The maximum atomic E-state index is 14.8. The number of nitrogens with one attached hydrogen (secondary N) is 1. The van der Waals surface area contributed by atoms with Crippen molar-refractivity contribution < 1.29 is 61.8 Å². The largest absolute Gasteiger partial charge is 0.573 e. The number of sulfone groups is 2. The van der Waals surface area contributed by atoms with Crippen molar-refractivity contribution in [1.82, 2.24) is 19.7 Å². The normalized spacial score (nSPS) is 15.9. The monoisotopic (exact) mass is 999 g/mol. The summed E-state index contributed by atoms with van der Waals surface area (Å²) in [6.45, 7) is 3.71. The molecule has 1 atom stereocenters. The van der Waals surface area contributed by atoms with Gasteiger partial charge in [0.25, 0.3) is 5.56 Å². The van der Waals surface area contributed by atoms with Gasteiger partial charge in [0.15, 0.2) is 15.7 Å². The van der Waals surface area contributed by atoms with Crippen LogP contribution in [0.25, 0.3) is 5.69 Å². The zero-order valence-electron chi connectivity index (χ0n) is 32.2. The molecule has 24 heteroatoms. The van der Waals surface area contributed by atoms with Crippen LogP contribution >= 0.6 is 27.5 Å². The molecule has 0 unspecified atom stereocenters. The number of benzene rings is 2. The molecule has 0 aliphatic carbocycles. The second-order valence-corrected chi connectivity index (χ2v) is 18.3. The summed E-state index contributed by atoms with van der Waals surface area (Å²) in [5.41, 5.74) is -1.25. The zero-order chi connectivity index (χ0) is 45.7. The van der Waals surface area contributed by atoms with E-state index in [4.69, 9.17) is 16.3 Å². The second-order valence-electron chi connectivity index (χ2n) is 13.3. The zero-order valence-corrected chi connectivity index (χ0v) is 36.2. The molecular weight excluding hydrogens is 967 g/mol. The molecule has 1 saturated heterocycles. The number of nitrogens with zero attached hydrogens (tertiary/aromatic N) is 4. The van der Waals surface area contributed by atoms with Gasteiger partial charge in [0.2, 0.25) is 19.7 Å². The van der Waals surface area contributed by atoms with Gasteiger partial charge < -0.3 is 19.5 Å². The van der Waals surface area contributed by atoms with Gasteiger partial charge in [-0.1, -0.05) is 37.6 Å². The van der Waals surface area contributed by atoms with E-state index in [1.165, 1.54) is 48.8 Å². The van der Waals surface area contributed by atoms with Crippen molar-refractivity contribution in [2.45, 2.75) is 77.8 Å². The smallest absolute Gasteiger partial charge is 0.404 e. The van der Waals surface area contributed by atoms with Crippen molar-refractivity contribution >= 4 is 52.9 Å². The Kier molecular flexibility index (Phi) is 15.0. The molecule has 3 aromatic heterocycles. The van der Waals surface area contributed by atoms with E-state index in [2.05, 4.69) is 45.8 Å². The van der Waals surface area contributed by atoms with E-state index in [9.17, 15) is 52.4 Å². The quantitative estimate of drug-likeness (QED) is 0.118. The van der Waals surface area contributed by atoms with E-state index in [0.717, 1.165) is 35.1 Å². The summed E-state index contributed by atoms with van der Waals surface area (Å²) in [5, 5.41) is 5.54. The van der Waals surface area contributed by atoms with Crippen molar-refractivity contribution in [3.63, 3.8) is 0 Å². The number of alkyl halides is 7. The summed E-state index contributed by atoms with van der Waals surface area (Å²) in [6, 6.07) is 11.8. The van der Waals surface area contributed by atoms with Crippen LogP contribution in [0.15, 0.2) is 108 Å². The molecule has 1 aliphatic heterocycles. The van der Waals surface area contributed by atoms with Crippen molar-refractivity contribution in [3.05, 3.63) is 110 Å². The Morgan fingerprint density at radius 3 is 1.79 bits per heavy atom. The lowest BCUT2D eigenvalue weighted by molar-refractivity contribution is -0.276. The summed E-state index contributed by atoms with van der Waals surface area (Å²) in [4.78, 5) is 19.1. The standard InChI is InChI=1S/C24H23ClF4N4O5S.C14H11BrF3NO3S/c1-2-15-4-6-18(38-24(27,28)29)19(10-15)39(35,36)20-7-5-16(11-30-20)33-22(34)21(25)17(12-32-33)31-13-23(26)8-3-9-37-14-23;1-2-9-3-5-11(22-14(16,17)18)12(7-9)23(20,21)13-6-4-10(15)8-19-13/h4-7,10-12,31H,2-3,8-9,13-14H2,1H3;3-8H,2H2,1H3/t23-;/m0./s1. The average molecular weight is 1000 g/mol. The number of halogens is 9. The molecule has 1 aliphatic rings. The average Bonchev–Trinajstić information content (AvgIpc) is 3.21. The van der Waals surface area contributed by atoms with Crippen LogP contribution in [0.4, 0.5) is 36.4 Å². The third-order valence-corrected chi connectivity index (χ3v) is 13.1.